The molecule has 240 valence electrons. The maximum absolute atomic E-state index is 14.2. The van der Waals surface area contributed by atoms with Crippen molar-refractivity contribution in [2.24, 2.45) is 5.73 Å². The van der Waals surface area contributed by atoms with Gasteiger partial charge < -0.3 is 24.8 Å². The number of amides is 2. The molecule has 2 aliphatic heterocycles. The molecule has 2 amide bonds. The fraction of sp³-hybridized carbons (Fsp3) is 0.429. The summed E-state index contributed by atoms with van der Waals surface area (Å²) in [7, 11) is 4.58. The van der Waals surface area contributed by atoms with Gasteiger partial charge in [0.2, 0.25) is 11.7 Å². The maximum atomic E-state index is 14.2. The SMILES string of the molecule is CCN1CCC(C(N)=O)(c2ccc(C)cc2)CC1C1(c2ccc(Cl)c(Cl)c2)CCN(C(=O)c2cc(OC)c(OC)c(OC)c2)C1. The Labute approximate surface area is 275 Å². The third kappa shape index (κ3) is 5.84. The lowest BCUT2D eigenvalue weighted by Crippen LogP contribution is -2.61. The summed E-state index contributed by atoms with van der Waals surface area (Å²) in [6.45, 7) is 6.52. The molecule has 2 fully saturated rings. The van der Waals surface area contributed by atoms with Gasteiger partial charge in [0, 0.05) is 30.1 Å². The molecule has 3 atom stereocenters. The van der Waals surface area contributed by atoms with E-state index in [0.29, 0.717) is 71.8 Å². The number of rotatable bonds is 9. The monoisotopic (exact) mass is 653 g/mol. The number of carbonyl (C=O) groups is 2. The van der Waals surface area contributed by atoms with Gasteiger partial charge in [-0.3, -0.25) is 14.5 Å². The molecule has 3 unspecified atom stereocenters. The fourth-order valence-corrected chi connectivity index (χ4v) is 7.67. The zero-order valence-corrected chi connectivity index (χ0v) is 28.0. The van der Waals surface area contributed by atoms with Gasteiger partial charge in [-0.05, 0) is 74.7 Å². The topological polar surface area (TPSA) is 94.3 Å². The average Bonchev–Trinajstić information content (AvgIpc) is 3.51. The molecule has 0 saturated carbocycles. The van der Waals surface area contributed by atoms with Crippen molar-refractivity contribution in [2.45, 2.75) is 50.0 Å². The Morgan fingerprint density at radius 2 is 1.53 bits per heavy atom. The van der Waals surface area contributed by atoms with E-state index in [2.05, 4.69) is 11.8 Å². The van der Waals surface area contributed by atoms with Gasteiger partial charge in [0.1, 0.15) is 0 Å². The fourth-order valence-electron chi connectivity index (χ4n) is 7.38. The summed E-state index contributed by atoms with van der Waals surface area (Å²) in [5.41, 5.74) is 8.30. The van der Waals surface area contributed by atoms with Crippen LogP contribution in [0.5, 0.6) is 17.2 Å². The predicted molar refractivity (Wildman–Crippen MR) is 177 cm³/mol. The second-order valence-electron chi connectivity index (χ2n) is 12.1. The van der Waals surface area contributed by atoms with Crippen LogP contribution in [0.1, 0.15) is 53.2 Å². The van der Waals surface area contributed by atoms with Gasteiger partial charge in [0.25, 0.3) is 5.91 Å². The lowest BCUT2D eigenvalue weighted by molar-refractivity contribution is -0.127. The van der Waals surface area contributed by atoms with E-state index in [9.17, 15) is 9.59 Å². The number of aryl methyl sites for hydroxylation is 1. The zero-order chi connectivity index (χ0) is 32.5. The number of likely N-dealkylation sites (N-methyl/N-ethyl adjacent to an activating group) is 1. The molecule has 3 aromatic rings. The highest BCUT2D eigenvalue weighted by Crippen LogP contribution is 2.50. The first-order chi connectivity index (χ1) is 21.5. The largest absolute Gasteiger partial charge is 0.493 e. The number of likely N-dealkylation sites (tertiary alicyclic amines) is 2. The zero-order valence-electron chi connectivity index (χ0n) is 26.5. The number of halogens is 2. The van der Waals surface area contributed by atoms with E-state index in [1.165, 1.54) is 21.3 Å². The van der Waals surface area contributed by atoms with Gasteiger partial charge in [0.05, 0.1) is 36.8 Å². The number of primary amides is 1. The number of hydrogen-bond acceptors (Lipinski definition) is 6. The lowest BCUT2D eigenvalue weighted by atomic mass is 9.61. The maximum Gasteiger partial charge on any atom is 0.254 e. The minimum atomic E-state index is -0.860. The van der Waals surface area contributed by atoms with E-state index in [0.717, 1.165) is 23.2 Å². The van der Waals surface area contributed by atoms with E-state index >= 15 is 0 Å². The minimum Gasteiger partial charge on any atom is -0.493 e. The molecule has 10 heteroatoms. The Balaban J connectivity index is 1.61. The highest BCUT2D eigenvalue weighted by molar-refractivity contribution is 6.42. The third-order valence-electron chi connectivity index (χ3n) is 9.92. The lowest BCUT2D eigenvalue weighted by Gasteiger charge is -2.52. The number of ether oxygens (including phenoxy) is 3. The van der Waals surface area contributed by atoms with Crippen molar-refractivity contribution < 1.29 is 23.8 Å². The Morgan fingerprint density at radius 1 is 0.889 bits per heavy atom. The average molecular weight is 655 g/mol. The molecule has 0 aliphatic carbocycles. The van der Waals surface area contributed by atoms with Gasteiger partial charge in [-0.15, -0.1) is 0 Å². The van der Waals surface area contributed by atoms with E-state index in [1.54, 1.807) is 12.1 Å². The first-order valence-corrected chi connectivity index (χ1v) is 15.9. The summed E-state index contributed by atoms with van der Waals surface area (Å²) < 4.78 is 16.5. The van der Waals surface area contributed by atoms with E-state index < -0.39 is 10.8 Å². The van der Waals surface area contributed by atoms with Gasteiger partial charge in [-0.1, -0.05) is 66.0 Å². The van der Waals surface area contributed by atoms with E-state index in [-0.39, 0.29) is 17.9 Å². The summed E-state index contributed by atoms with van der Waals surface area (Å²) >= 11 is 13.0. The molecule has 5 rings (SSSR count). The summed E-state index contributed by atoms with van der Waals surface area (Å²) in [5, 5.41) is 0.905. The Bertz CT molecular complexity index is 1560. The number of methoxy groups -OCH3 is 3. The highest BCUT2D eigenvalue weighted by atomic mass is 35.5. The van der Waals surface area contributed by atoms with Crippen LogP contribution in [0.3, 0.4) is 0 Å². The van der Waals surface area contributed by atoms with Crippen LogP contribution in [0.4, 0.5) is 0 Å². The van der Waals surface area contributed by atoms with Crippen LogP contribution in [-0.4, -0.2) is 75.2 Å². The van der Waals surface area contributed by atoms with Gasteiger partial charge in [-0.2, -0.15) is 0 Å². The van der Waals surface area contributed by atoms with Crippen LogP contribution in [0, 0.1) is 6.92 Å². The second-order valence-corrected chi connectivity index (χ2v) is 12.9. The molecule has 0 spiro atoms. The van der Waals surface area contributed by atoms with E-state index in [1.807, 2.05) is 54.3 Å². The van der Waals surface area contributed by atoms with Gasteiger partial charge in [0.15, 0.2) is 11.5 Å². The van der Waals surface area contributed by atoms with Crippen LogP contribution in [-0.2, 0) is 15.6 Å². The molecule has 0 aromatic heterocycles. The van der Waals surface area contributed by atoms with Crippen molar-refractivity contribution in [1.29, 1.82) is 0 Å². The molecule has 3 aromatic carbocycles. The van der Waals surface area contributed by atoms with E-state index in [4.69, 9.17) is 43.1 Å². The van der Waals surface area contributed by atoms with Crippen LogP contribution >= 0.6 is 23.2 Å². The molecule has 8 nitrogen and oxygen atoms in total. The number of piperidine rings is 1. The predicted octanol–water partition coefficient (Wildman–Crippen LogP) is 6.02. The van der Waals surface area contributed by atoms with Crippen molar-refractivity contribution in [3.63, 3.8) is 0 Å². The number of nitrogens with two attached hydrogens (primary N) is 1. The highest BCUT2D eigenvalue weighted by Gasteiger charge is 2.55. The van der Waals surface area contributed by atoms with Crippen molar-refractivity contribution in [3.8, 4) is 17.2 Å². The summed E-state index contributed by atoms with van der Waals surface area (Å²) in [6.07, 6.45) is 1.78. The summed E-state index contributed by atoms with van der Waals surface area (Å²) in [4.78, 5) is 31.9. The Morgan fingerprint density at radius 3 is 2.09 bits per heavy atom. The van der Waals surface area contributed by atoms with Crippen LogP contribution in [0.25, 0.3) is 0 Å². The molecule has 2 saturated heterocycles. The molecule has 0 bridgehead atoms. The molecule has 0 radical (unpaired) electrons. The van der Waals surface area contributed by atoms with Crippen molar-refractivity contribution in [2.75, 3.05) is 47.5 Å². The number of hydrogen-bond donors (Lipinski definition) is 1. The summed E-state index contributed by atoms with van der Waals surface area (Å²) in [6, 6.07) is 17.1. The first-order valence-electron chi connectivity index (χ1n) is 15.2. The molecular formula is C35H41Cl2N3O5. The third-order valence-corrected chi connectivity index (χ3v) is 10.7. The van der Waals surface area contributed by atoms with Crippen molar-refractivity contribution >= 4 is 35.0 Å². The minimum absolute atomic E-state index is 0.125. The normalized spacial score (nSPS) is 23.5. The Kier molecular flexibility index (Phi) is 9.59. The standard InChI is InChI=1S/C35H41Cl2N3O5/c1-6-39-15-13-34(33(38)42,24-9-7-22(2)8-10-24)20-30(39)35(25-11-12-26(36)27(37)19-25)14-16-40(21-35)32(41)23-17-28(43-3)31(45-5)29(18-23)44-4/h7-12,17-19,30H,6,13-16,20-21H2,1-5H3,(H2,38,42). The quantitative estimate of drug-likeness (QED) is 0.304. The number of carbonyl (C=O) groups excluding carboxylic acids is 2. The molecule has 2 aliphatic rings. The van der Waals surface area contributed by atoms with Gasteiger partial charge >= 0.3 is 0 Å². The van der Waals surface area contributed by atoms with Crippen LogP contribution in [0.2, 0.25) is 10.0 Å². The molecule has 45 heavy (non-hydrogen) atoms. The van der Waals surface area contributed by atoms with Crippen LogP contribution < -0.4 is 19.9 Å². The molecular weight excluding hydrogens is 613 g/mol. The number of nitrogens with zero attached hydrogens (tertiary/aromatic N) is 2. The molecule has 2 heterocycles. The second kappa shape index (κ2) is 13.1. The Hall–Kier alpha value is -3.46. The van der Waals surface area contributed by atoms with Crippen molar-refractivity contribution in [3.05, 3.63) is 86.9 Å². The van der Waals surface area contributed by atoms with Crippen molar-refractivity contribution in [1.82, 2.24) is 9.80 Å². The smallest absolute Gasteiger partial charge is 0.254 e. The van der Waals surface area contributed by atoms with Crippen LogP contribution in [0.15, 0.2) is 54.6 Å². The molecule has 2 N–H and O–H groups in total. The number of benzene rings is 3. The van der Waals surface area contributed by atoms with Gasteiger partial charge in [-0.25, -0.2) is 0 Å². The summed E-state index contributed by atoms with van der Waals surface area (Å²) in [5.74, 6) is 0.741. The first kappa shape index (κ1) is 32.9.